The molecule has 0 unspecified atom stereocenters. The lowest BCUT2D eigenvalue weighted by molar-refractivity contribution is -0.384. The van der Waals surface area contributed by atoms with Crippen LogP contribution in [-0.2, 0) is 16.4 Å². The zero-order chi connectivity index (χ0) is 25.0. The lowest BCUT2D eigenvalue weighted by atomic mass is 10.1. The van der Waals surface area contributed by atoms with E-state index in [1.54, 1.807) is 0 Å². The number of benzene rings is 3. The number of nitrogens with zero attached hydrogens (tertiary/aromatic N) is 1. The molecule has 0 spiro atoms. The highest BCUT2D eigenvalue weighted by atomic mass is 32.2. The highest BCUT2D eigenvalue weighted by Gasteiger charge is 2.20. The number of carbonyl (C=O) groups excluding carboxylic acids is 1. The Morgan fingerprint density at radius 2 is 1.83 bits per heavy atom. The minimum atomic E-state index is -4.09. The number of nitro groups is 1. The first-order chi connectivity index (χ1) is 16.8. The van der Waals surface area contributed by atoms with Crippen LogP contribution in [0.5, 0.6) is 5.75 Å². The molecule has 0 saturated heterocycles. The lowest BCUT2D eigenvalue weighted by Gasteiger charge is -2.12. The molecule has 0 bridgehead atoms. The first-order valence-electron chi connectivity index (χ1n) is 10.6. The molecule has 0 atom stereocenters. The van der Waals surface area contributed by atoms with Gasteiger partial charge in [0.1, 0.15) is 5.75 Å². The summed E-state index contributed by atoms with van der Waals surface area (Å²) < 4.78 is 33.0. The minimum absolute atomic E-state index is 0.0687. The van der Waals surface area contributed by atoms with E-state index in [2.05, 4.69) is 15.0 Å². The van der Waals surface area contributed by atoms with Gasteiger partial charge in [0, 0.05) is 41.3 Å². The molecular weight excluding hydrogens is 472 g/mol. The second kappa shape index (κ2) is 9.85. The van der Waals surface area contributed by atoms with Gasteiger partial charge in [0.25, 0.3) is 21.6 Å². The van der Waals surface area contributed by atoms with Crippen LogP contribution in [-0.4, -0.2) is 37.9 Å². The largest absolute Gasteiger partial charge is 0.495 e. The van der Waals surface area contributed by atoms with Gasteiger partial charge in [0.2, 0.25) is 0 Å². The summed E-state index contributed by atoms with van der Waals surface area (Å²) >= 11 is 0. The van der Waals surface area contributed by atoms with Crippen LogP contribution in [0.15, 0.2) is 77.8 Å². The number of non-ortho nitro benzene ring substituents is 1. The Kier molecular flexibility index (Phi) is 6.69. The van der Waals surface area contributed by atoms with Crippen molar-refractivity contribution in [3.63, 3.8) is 0 Å². The number of aromatic amines is 1. The standard InChI is InChI=1S/C24H22N4O6S/c1-34-23-11-8-18(28(30)31)14-22(23)27-35(32,33)19-9-6-16(7-10-19)24(29)25-13-12-17-15-26-21-5-3-2-4-20(17)21/h2-11,14-15,26-27H,12-13H2,1H3,(H,25,29). The summed E-state index contributed by atoms with van der Waals surface area (Å²) in [5.74, 6) is -0.201. The monoisotopic (exact) mass is 494 g/mol. The minimum Gasteiger partial charge on any atom is -0.495 e. The first-order valence-corrected chi connectivity index (χ1v) is 12.1. The summed E-state index contributed by atoms with van der Waals surface area (Å²) in [5, 5.41) is 15.0. The van der Waals surface area contributed by atoms with Crippen molar-refractivity contribution in [2.45, 2.75) is 11.3 Å². The van der Waals surface area contributed by atoms with E-state index >= 15 is 0 Å². The Morgan fingerprint density at radius 3 is 2.54 bits per heavy atom. The highest BCUT2D eigenvalue weighted by Crippen LogP contribution is 2.31. The van der Waals surface area contributed by atoms with Crippen molar-refractivity contribution in [1.29, 1.82) is 0 Å². The number of carbonyl (C=O) groups is 1. The number of hydrogen-bond donors (Lipinski definition) is 3. The maximum absolute atomic E-state index is 12.8. The quantitative estimate of drug-likeness (QED) is 0.238. The van der Waals surface area contributed by atoms with E-state index in [-0.39, 0.29) is 27.9 Å². The molecule has 0 aliphatic heterocycles. The van der Waals surface area contributed by atoms with Crippen LogP contribution in [0, 0.1) is 10.1 Å². The number of anilines is 1. The number of ether oxygens (including phenoxy) is 1. The van der Waals surface area contributed by atoms with Crippen LogP contribution in [0.25, 0.3) is 10.9 Å². The zero-order valence-corrected chi connectivity index (χ0v) is 19.5. The van der Waals surface area contributed by atoms with Crippen LogP contribution < -0.4 is 14.8 Å². The van der Waals surface area contributed by atoms with Gasteiger partial charge in [-0.15, -0.1) is 0 Å². The fraction of sp³-hybridized carbons (Fsp3) is 0.125. The number of aromatic nitrogens is 1. The summed E-state index contributed by atoms with van der Waals surface area (Å²) in [4.78, 5) is 26.0. The number of amides is 1. The van der Waals surface area contributed by atoms with Crippen LogP contribution in [0.2, 0.25) is 0 Å². The van der Waals surface area contributed by atoms with Crippen LogP contribution in [0.4, 0.5) is 11.4 Å². The fourth-order valence-corrected chi connectivity index (χ4v) is 4.69. The van der Waals surface area contributed by atoms with E-state index < -0.39 is 14.9 Å². The van der Waals surface area contributed by atoms with Crippen LogP contribution in [0.3, 0.4) is 0 Å². The summed E-state index contributed by atoms with van der Waals surface area (Å²) in [7, 11) is -2.76. The Bertz CT molecular complexity index is 1500. The predicted molar refractivity (Wildman–Crippen MR) is 131 cm³/mol. The topological polar surface area (TPSA) is 143 Å². The number of methoxy groups -OCH3 is 1. The lowest BCUT2D eigenvalue weighted by Crippen LogP contribution is -2.25. The van der Waals surface area contributed by atoms with Crippen LogP contribution in [0.1, 0.15) is 15.9 Å². The number of nitro benzene ring substituents is 1. The van der Waals surface area contributed by atoms with Gasteiger partial charge in [-0.05, 0) is 48.4 Å². The Hall–Kier alpha value is -4.38. The number of nitrogens with one attached hydrogen (secondary N) is 3. The molecule has 1 aromatic heterocycles. The smallest absolute Gasteiger partial charge is 0.271 e. The molecule has 0 fully saturated rings. The number of hydrogen-bond acceptors (Lipinski definition) is 6. The van der Waals surface area contributed by atoms with E-state index in [0.717, 1.165) is 22.5 Å². The summed E-state index contributed by atoms with van der Waals surface area (Å²) in [5.41, 5.74) is 2.06. The average molecular weight is 495 g/mol. The maximum Gasteiger partial charge on any atom is 0.271 e. The van der Waals surface area contributed by atoms with Crippen molar-refractivity contribution in [2.75, 3.05) is 18.4 Å². The van der Waals surface area contributed by atoms with Gasteiger partial charge >= 0.3 is 0 Å². The van der Waals surface area contributed by atoms with E-state index in [1.165, 1.54) is 43.5 Å². The molecule has 11 heteroatoms. The van der Waals surface area contributed by atoms with E-state index in [1.807, 2.05) is 30.5 Å². The second-order valence-corrected chi connectivity index (χ2v) is 9.32. The van der Waals surface area contributed by atoms with Gasteiger partial charge < -0.3 is 15.0 Å². The zero-order valence-electron chi connectivity index (χ0n) is 18.6. The fourth-order valence-electron chi connectivity index (χ4n) is 3.63. The summed E-state index contributed by atoms with van der Waals surface area (Å²) in [6.07, 6.45) is 2.55. The van der Waals surface area contributed by atoms with Crippen molar-refractivity contribution < 1.29 is 22.9 Å². The Morgan fingerprint density at radius 1 is 1.09 bits per heavy atom. The van der Waals surface area contributed by atoms with Crippen molar-refractivity contribution in [3.8, 4) is 5.75 Å². The molecule has 3 N–H and O–H groups in total. The Balaban J connectivity index is 1.41. The van der Waals surface area contributed by atoms with Crippen molar-refractivity contribution in [1.82, 2.24) is 10.3 Å². The molecule has 0 radical (unpaired) electrons. The highest BCUT2D eigenvalue weighted by molar-refractivity contribution is 7.92. The average Bonchev–Trinajstić information content (AvgIpc) is 3.27. The Labute approximate surface area is 201 Å². The molecule has 4 rings (SSSR count). The molecule has 3 aromatic carbocycles. The van der Waals surface area contributed by atoms with Crippen molar-refractivity contribution in [3.05, 3.63) is 94.2 Å². The third kappa shape index (κ3) is 5.25. The molecule has 4 aromatic rings. The molecule has 0 aliphatic rings. The van der Waals surface area contributed by atoms with Gasteiger partial charge in [0.15, 0.2) is 0 Å². The van der Waals surface area contributed by atoms with Crippen LogP contribution >= 0.6 is 0 Å². The molecular formula is C24H22N4O6S. The maximum atomic E-state index is 12.8. The summed E-state index contributed by atoms with van der Waals surface area (Å²) in [6, 6.07) is 16.9. The third-order valence-electron chi connectivity index (χ3n) is 5.42. The van der Waals surface area contributed by atoms with Crippen molar-refractivity contribution in [2.24, 2.45) is 0 Å². The van der Waals surface area contributed by atoms with Crippen molar-refractivity contribution >= 4 is 38.2 Å². The molecule has 0 aliphatic carbocycles. The molecule has 0 saturated carbocycles. The SMILES string of the molecule is COc1ccc([N+](=O)[O-])cc1NS(=O)(=O)c1ccc(C(=O)NCCc2c[nH]c3ccccc23)cc1. The first kappa shape index (κ1) is 23.8. The predicted octanol–water partition coefficient (Wildman–Crippen LogP) is 3.86. The molecule has 35 heavy (non-hydrogen) atoms. The molecule has 180 valence electrons. The van der Waals surface area contributed by atoms with Gasteiger partial charge in [-0.3, -0.25) is 19.6 Å². The second-order valence-electron chi connectivity index (χ2n) is 7.64. The molecule has 1 heterocycles. The summed E-state index contributed by atoms with van der Waals surface area (Å²) in [6.45, 7) is 0.412. The van der Waals surface area contributed by atoms with Gasteiger partial charge in [-0.25, -0.2) is 8.42 Å². The molecule has 1 amide bonds. The molecule has 10 nitrogen and oxygen atoms in total. The number of fused-ring (bicyclic) bond motifs is 1. The normalized spacial score (nSPS) is 11.2. The number of H-pyrrole nitrogens is 1. The van der Waals surface area contributed by atoms with Gasteiger partial charge in [-0.1, -0.05) is 18.2 Å². The van der Waals surface area contributed by atoms with Gasteiger partial charge in [-0.2, -0.15) is 0 Å². The number of rotatable bonds is 9. The van der Waals surface area contributed by atoms with E-state index in [0.29, 0.717) is 18.5 Å². The number of para-hydroxylation sites is 1. The third-order valence-corrected chi connectivity index (χ3v) is 6.80. The van der Waals surface area contributed by atoms with Gasteiger partial charge in [0.05, 0.1) is 22.6 Å². The number of sulfonamides is 1. The van der Waals surface area contributed by atoms with E-state index in [4.69, 9.17) is 4.74 Å². The van der Waals surface area contributed by atoms with E-state index in [9.17, 15) is 23.3 Å².